The van der Waals surface area contributed by atoms with Gasteiger partial charge in [-0.2, -0.15) is 15.3 Å². The minimum atomic E-state index is -0.312. The molecule has 0 radical (unpaired) electrons. The van der Waals surface area contributed by atoms with Crippen LogP contribution in [0.3, 0.4) is 0 Å². The van der Waals surface area contributed by atoms with E-state index in [4.69, 9.17) is 4.74 Å². The van der Waals surface area contributed by atoms with Crippen molar-refractivity contribution >= 4 is 27.5 Å². The number of ether oxygens (including phenoxy) is 1. The Labute approximate surface area is 194 Å². The van der Waals surface area contributed by atoms with Gasteiger partial charge in [0.1, 0.15) is 12.4 Å². The first-order valence-electron chi connectivity index (χ1n) is 10.1. The molecule has 1 N–H and O–H groups in total. The maximum atomic E-state index is 12.6. The van der Waals surface area contributed by atoms with Crippen LogP contribution in [0.4, 0.5) is 5.69 Å². The fourth-order valence-electron chi connectivity index (χ4n) is 3.30. The fourth-order valence-corrected chi connectivity index (χ4v) is 3.59. The first kappa shape index (κ1) is 21.8. The first-order valence-corrected chi connectivity index (χ1v) is 10.9. The van der Waals surface area contributed by atoms with Crippen molar-refractivity contribution < 1.29 is 9.53 Å². The molecular formula is C22H24BrN7O2. The van der Waals surface area contributed by atoms with Crippen LogP contribution < -0.4 is 10.1 Å². The van der Waals surface area contributed by atoms with Crippen molar-refractivity contribution in [2.75, 3.05) is 5.32 Å². The van der Waals surface area contributed by atoms with E-state index in [1.165, 1.54) is 5.56 Å². The number of aromatic nitrogens is 6. The van der Waals surface area contributed by atoms with Gasteiger partial charge in [0.05, 0.1) is 33.9 Å². The van der Waals surface area contributed by atoms with Gasteiger partial charge in [-0.15, -0.1) is 0 Å². The molecule has 0 aliphatic rings. The van der Waals surface area contributed by atoms with E-state index in [0.29, 0.717) is 18.1 Å². The van der Waals surface area contributed by atoms with Gasteiger partial charge in [0.2, 0.25) is 0 Å². The zero-order chi connectivity index (χ0) is 22.8. The molecular weight excluding hydrogens is 474 g/mol. The number of aryl methyl sites for hydroxylation is 3. The molecule has 1 aromatic carbocycles. The summed E-state index contributed by atoms with van der Waals surface area (Å²) >= 11 is 3.52. The quantitative estimate of drug-likeness (QED) is 0.415. The van der Waals surface area contributed by atoms with Gasteiger partial charge >= 0.3 is 0 Å². The molecule has 32 heavy (non-hydrogen) atoms. The summed E-state index contributed by atoms with van der Waals surface area (Å²) in [5, 5.41) is 15.9. The Bertz CT molecular complexity index is 1270. The second kappa shape index (κ2) is 8.99. The van der Waals surface area contributed by atoms with Crippen molar-refractivity contribution in [1.29, 1.82) is 0 Å². The Morgan fingerprint density at radius 2 is 1.94 bits per heavy atom. The molecule has 166 valence electrons. The minimum Gasteiger partial charge on any atom is -0.471 e. The predicted molar refractivity (Wildman–Crippen MR) is 124 cm³/mol. The smallest absolute Gasteiger partial charge is 0.276 e. The van der Waals surface area contributed by atoms with E-state index in [2.05, 4.69) is 42.6 Å². The number of carbonyl (C=O) groups is 1. The third-order valence-electron chi connectivity index (χ3n) is 5.02. The minimum absolute atomic E-state index is 0.243. The first-order chi connectivity index (χ1) is 15.3. The molecule has 3 heterocycles. The zero-order valence-corrected chi connectivity index (χ0v) is 19.9. The lowest BCUT2D eigenvalue weighted by Gasteiger charge is -2.09. The summed E-state index contributed by atoms with van der Waals surface area (Å²) in [7, 11) is 0. The maximum absolute atomic E-state index is 12.6. The highest BCUT2D eigenvalue weighted by Gasteiger charge is 2.13. The molecule has 0 saturated heterocycles. The number of hydrogen-bond donors (Lipinski definition) is 1. The number of carbonyl (C=O) groups excluding carboxylic acids is 1. The van der Waals surface area contributed by atoms with Crippen LogP contribution in [0, 0.1) is 27.7 Å². The topological polar surface area (TPSA) is 91.8 Å². The molecule has 0 aliphatic carbocycles. The standard InChI is InChI=1S/C22H24BrN7O2/c1-14-5-6-20(15(2)9-14)32-13-29-11-18(10-24-29)25-22(31)19-7-8-28(27-19)12-30-17(4)21(23)16(3)26-30/h5-11H,12-13H2,1-4H3,(H,25,31). The third kappa shape index (κ3) is 4.75. The molecule has 10 heteroatoms. The molecule has 0 bridgehead atoms. The van der Waals surface area contributed by atoms with E-state index in [0.717, 1.165) is 27.2 Å². The lowest BCUT2D eigenvalue weighted by atomic mass is 10.1. The summed E-state index contributed by atoms with van der Waals surface area (Å²) < 4.78 is 11.9. The van der Waals surface area contributed by atoms with Gasteiger partial charge < -0.3 is 10.1 Å². The highest BCUT2D eigenvalue weighted by molar-refractivity contribution is 9.10. The van der Waals surface area contributed by atoms with Crippen molar-refractivity contribution in [2.45, 2.75) is 41.1 Å². The van der Waals surface area contributed by atoms with E-state index in [9.17, 15) is 4.79 Å². The summed E-state index contributed by atoms with van der Waals surface area (Å²) in [4.78, 5) is 12.6. The average molecular weight is 498 g/mol. The number of anilines is 1. The van der Waals surface area contributed by atoms with E-state index in [1.807, 2.05) is 44.5 Å². The van der Waals surface area contributed by atoms with Crippen LogP contribution >= 0.6 is 15.9 Å². The fraction of sp³-hybridized carbons (Fsp3) is 0.273. The van der Waals surface area contributed by atoms with Crippen molar-refractivity contribution in [1.82, 2.24) is 29.3 Å². The van der Waals surface area contributed by atoms with Crippen LogP contribution in [0.1, 0.15) is 33.0 Å². The Hall–Kier alpha value is -3.40. The van der Waals surface area contributed by atoms with Crippen molar-refractivity contribution in [2.24, 2.45) is 0 Å². The molecule has 0 unspecified atom stereocenters. The van der Waals surface area contributed by atoms with Crippen LogP contribution in [-0.2, 0) is 13.4 Å². The van der Waals surface area contributed by atoms with E-state index in [1.54, 1.807) is 34.0 Å². The second-order valence-corrected chi connectivity index (χ2v) is 8.42. The number of halogens is 1. The summed E-state index contributed by atoms with van der Waals surface area (Å²) in [5.74, 6) is 0.491. The van der Waals surface area contributed by atoms with Crippen LogP contribution in [0.25, 0.3) is 0 Å². The SMILES string of the molecule is Cc1ccc(OCn2cc(NC(=O)c3ccn(Cn4nc(C)c(Br)c4C)n3)cn2)c(C)c1. The van der Waals surface area contributed by atoms with E-state index < -0.39 is 0 Å². The molecule has 0 atom stereocenters. The van der Waals surface area contributed by atoms with Gasteiger partial charge in [0, 0.05) is 6.20 Å². The summed E-state index contributed by atoms with van der Waals surface area (Å²) in [6.45, 7) is 8.61. The van der Waals surface area contributed by atoms with Crippen molar-refractivity contribution in [3.05, 3.63) is 75.5 Å². The summed E-state index contributed by atoms with van der Waals surface area (Å²) in [5.41, 5.74) is 5.03. The Morgan fingerprint density at radius 3 is 2.66 bits per heavy atom. The van der Waals surface area contributed by atoms with E-state index in [-0.39, 0.29) is 12.6 Å². The van der Waals surface area contributed by atoms with Gasteiger partial charge in [0.15, 0.2) is 12.4 Å². The Balaban J connectivity index is 1.35. The number of nitrogens with zero attached hydrogens (tertiary/aromatic N) is 6. The molecule has 1 amide bonds. The number of nitrogens with one attached hydrogen (secondary N) is 1. The lowest BCUT2D eigenvalue weighted by molar-refractivity contribution is 0.102. The number of hydrogen-bond acceptors (Lipinski definition) is 5. The number of amides is 1. The number of benzene rings is 1. The molecule has 0 saturated carbocycles. The average Bonchev–Trinajstić information content (AvgIpc) is 3.45. The van der Waals surface area contributed by atoms with Crippen LogP contribution in [0.15, 0.2) is 47.3 Å². The molecule has 0 fully saturated rings. The molecule has 0 aliphatic heterocycles. The Morgan fingerprint density at radius 1 is 1.12 bits per heavy atom. The molecule has 3 aromatic heterocycles. The molecule has 4 rings (SSSR count). The maximum Gasteiger partial charge on any atom is 0.276 e. The summed E-state index contributed by atoms with van der Waals surface area (Å²) in [6, 6.07) is 7.68. The summed E-state index contributed by atoms with van der Waals surface area (Å²) in [6.07, 6.45) is 5.04. The zero-order valence-electron chi connectivity index (χ0n) is 18.3. The monoisotopic (exact) mass is 497 g/mol. The van der Waals surface area contributed by atoms with Gasteiger partial charge in [-0.25, -0.2) is 9.36 Å². The molecule has 9 nitrogen and oxygen atoms in total. The van der Waals surface area contributed by atoms with Gasteiger partial charge in [-0.1, -0.05) is 17.7 Å². The van der Waals surface area contributed by atoms with Gasteiger partial charge in [-0.05, 0) is 61.3 Å². The van der Waals surface area contributed by atoms with Crippen LogP contribution in [0.2, 0.25) is 0 Å². The third-order valence-corrected chi connectivity index (χ3v) is 6.17. The molecule has 4 aromatic rings. The van der Waals surface area contributed by atoms with E-state index >= 15 is 0 Å². The second-order valence-electron chi connectivity index (χ2n) is 7.63. The molecule has 0 spiro atoms. The van der Waals surface area contributed by atoms with Gasteiger partial charge in [-0.3, -0.25) is 9.48 Å². The van der Waals surface area contributed by atoms with Crippen LogP contribution in [-0.4, -0.2) is 35.2 Å². The Kier molecular flexibility index (Phi) is 6.13. The lowest BCUT2D eigenvalue weighted by Crippen LogP contribution is -2.15. The van der Waals surface area contributed by atoms with Crippen molar-refractivity contribution in [3.8, 4) is 5.75 Å². The normalized spacial score (nSPS) is 11.0. The van der Waals surface area contributed by atoms with Gasteiger partial charge in [0.25, 0.3) is 5.91 Å². The highest BCUT2D eigenvalue weighted by Crippen LogP contribution is 2.20. The number of rotatable bonds is 7. The van der Waals surface area contributed by atoms with Crippen molar-refractivity contribution in [3.63, 3.8) is 0 Å². The largest absolute Gasteiger partial charge is 0.471 e. The predicted octanol–water partition coefficient (Wildman–Crippen LogP) is 4.07. The van der Waals surface area contributed by atoms with Crippen LogP contribution in [0.5, 0.6) is 5.75 Å². The highest BCUT2D eigenvalue weighted by atomic mass is 79.9.